The van der Waals surface area contributed by atoms with Gasteiger partial charge in [0, 0.05) is 5.69 Å². The minimum absolute atomic E-state index is 0.437. The minimum atomic E-state index is 0.437. The molecule has 0 fully saturated rings. The number of fused-ring (bicyclic) bond motifs is 1. The molecule has 2 heterocycles. The Balaban J connectivity index is 2.86. The zero-order chi connectivity index (χ0) is 10.3. The molecule has 0 spiro atoms. The molecule has 2 N–H and O–H groups in total. The monoisotopic (exact) mass is 190 g/mol. The van der Waals surface area contributed by atoms with Crippen molar-refractivity contribution in [2.24, 2.45) is 0 Å². The van der Waals surface area contributed by atoms with Gasteiger partial charge in [-0.2, -0.15) is 5.10 Å². The Morgan fingerprint density at radius 2 is 2.14 bits per heavy atom. The van der Waals surface area contributed by atoms with Gasteiger partial charge in [-0.3, -0.25) is 0 Å². The van der Waals surface area contributed by atoms with E-state index in [1.54, 1.807) is 0 Å². The Hall–Kier alpha value is -1.58. The van der Waals surface area contributed by atoms with Gasteiger partial charge in [-0.15, -0.1) is 0 Å². The lowest BCUT2D eigenvalue weighted by Crippen LogP contribution is -2.01. The molecule has 0 aliphatic rings. The maximum atomic E-state index is 5.84. The van der Waals surface area contributed by atoms with E-state index >= 15 is 0 Å². The molecule has 0 amide bonds. The van der Waals surface area contributed by atoms with Crippen molar-refractivity contribution < 1.29 is 0 Å². The van der Waals surface area contributed by atoms with E-state index in [2.05, 4.69) is 30.0 Å². The van der Waals surface area contributed by atoms with E-state index in [9.17, 15) is 0 Å². The molecule has 0 saturated heterocycles. The second-order valence-electron chi connectivity index (χ2n) is 3.80. The van der Waals surface area contributed by atoms with Gasteiger partial charge in [-0.1, -0.05) is 13.8 Å². The summed E-state index contributed by atoms with van der Waals surface area (Å²) in [6.07, 6.45) is 1.49. The van der Waals surface area contributed by atoms with Crippen LogP contribution < -0.4 is 5.73 Å². The minimum Gasteiger partial charge on any atom is -0.382 e. The lowest BCUT2D eigenvalue weighted by Gasteiger charge is -2.04. The van der Waals surface area contributed by atoms with E-state index < -0.39 is 0 Å². The second-order valence-corrected chi connectivity index (χ2v) is 3.80. The van der Waals surface area contributed by atoms with Crippen LogP contribution in [-0.2, 0) is 0 Å². The Bertz CT molecular complexity index is 470. The maximum Gasteiger partial charge on any atom is 0.151 e. The first kappa shape index (κ1) is 8.99. The predicted molar refractivity (Wildman–Crippen MR) is 56.2 cm³/mol. The van der Waals surface area contributed by atoms with Gasteiger partial charge in [-0.05, 0) is 24.5 Å². The average molecular weight is 190 g/mol. The van der Waals surface area contributed by atoms with Crippen molar-refractivity contribution in [2.45, 2.75) is 26.7 Å². The van der Waals surface area contributed by atoms with Crippen LogP contribution in [0.5, 0.6) is 0 Å². The molecule has 0 unspecified atom stereocenters. The molecule has 14 heavy (non-hydrogen) atoms. The molecule has 4 nitrogen and oxygen atoms in total. The van der Waals surface area contributed by atoms with Gasteiger partial charge in [-0.25, -0.2) is 9.50 Å². The molecule has 0 aromatic carbocycles. The lowest BCUT2D eigenvalue weighted by molar-refractivity contribution is 0.855. The second kappa shape index (κ2) is 2.97. The van der Waals surface area contributed by atoms with E-state index in [1.165, 1.54) is 11.9 Å². The number of hydrogen-bond acceptors (Lipinski definition) is 3. The normalized spacial score (nSPS) is 11.4. The summed E-state index contributed by atoms with van der Waals surface area (Å²) in [5.41, 5.74) is 9.08. The summed E-state index contributed by atoms with van der Waals surface area (Å²) >= 11 is 0. The van der Waals surface area contributed by atoms with Gasteiger partial charge < -0.3 is 5.73 Å². The van der Waals surface area contributed by atoms with Gasteiger partial charge >= 0.3 is 0 Å². The standard InChI is InChI=1S/C10H14N4/c1-6(2)8-4-7(3)14-9(8)10(11)12-5-13-14/h4-6H,1-3H3,(H2,11,12,13). The highest BCUT2D eigenvalue weighted by Gasteiger charge is 2.12. The number of anilines is 1. The van der Waals surface area contributed by atoms with Crippen LogP contribution in [0.25, 0.3) is 5.52 Å². The van der Waals surface area contributed by atoms with Crippen LogP contribution in [0.3, 0.4) is 0 Å². The Kier molecular flexibility index (Phi) is 1.91. The maximum absolute atomic E-state index is 5.84. The zero-order valence-corrected chi connectivity index (χ0v) is 8.65. The van der Waals surface area contributed by atoms with Crippen LogP contribution in [0.4, 0.5) is 5.82 Å². The van der Waals surface area contributed by atoms with Crippen LogP contribution >= 0.6 is 0 Å². The van der Waals surface area contributed by atoms with E-state index in [0.29, 0.717) is 11.7 Å². The van der Waals surface area contributed by atoms with Gasteiger partial charge in [0.2, 0.25) is 0 Å². The van der Waals surface area contributed by atoms with Crippen molar-refractivity contribution in [3.8, 4) is 0 Å². The number of nitrogen functional groups attached to an aromatic ring is 1. The van der Waals surface area contributed by atoms with Crippen molar-refractivity contribution in [2.75, 3.05) is 5.73 Å². The number of rotatable bonds is 1. The first-order chi connectivity index (χ1) is 6.61. The van der Waals surface area contributed by atoms with Gasteiger partial charge in [0.25, 0.3) is 0 Å². The van der Waals surface area contributed by atoms with Crippen molar-refractivity contribution in [3.05, 3.63) is 23.7 Å². The summed E-state index contributed by atoms with van der Waals surface area (Å²) in [5, 5.41) is 4.17. The lowest BCUT2D eigenvalue weighted by atomic mass is 10.1. The summed E-state index contributed by atoms with van der Waals surface area (Å²) in [7, 11) is 0. The molecule has 0 radical (unpaired) electrons. The number of aromatic nitrogens is 3. The van der Waals surface area contributed by atoms with Gasteiger partial charge in [0.05, 0.1) is 0 Å². The number of hydrogen-bond donors (Lipinski definition) is 1. The van der Waals surface area contributed by atoms with E-state index in [0.717, 1.165) is 11.2 Å². The topological polar surface area (TPSA) is 56.2 Å². The molecule has 0 aliphatic heterocycles. The Morgan fingerprint density at radius 1 is 1.43 bits per heavy atom. The third kappa shape index (κ3) is 1.14. The third-order valence-corrected chi connectivity index (χ3v) is 2.41. The smallest absolute Gasteiger partial charge is 0.151 e. The molecule has 0 atom stereocenters. The summed E-state index contributed by atoms with van der Waals surface area (Å²) in [4.78, 5) is 4.01. The highest BCUT2D eigenvalue weighted by molar-refractivity contribution is 5.71. The molecule has 0 saturated carbocycles. The largest absolute Gasteiger partial charge is 0.382 e. The number of aryl methyl sites for hydroxylation is 1. The fraction of sp³-hybridized carbons (Fsp3) is 0.400. The first-order valence-corrected chi connectivity index (χ1v) is 4.70. The number of nitrogens with two attached hydrogens (primary N) is 1. The summed E-state index contributed by atoms with van der Waals surface area (Å²) in [5.74, 6) is 0.990. The zero-order valence-electron chi connectivity index (χ0n) is 8.65. The molecule has 2 rings (SSSR count). The molecule has 2 aromatic heterocycles. The average Bonchev–Trinajstić information content (AvgIpc) is 2.46. The van der Waals surface area contributed by atoms with Crippen LogP contribution in [0.15, 0.2) is 12.4 Å². The summed E-state index contributed by atoms with van der Waals surface area (Å²) < 4.78 is 1.84. The fourth-order valence-electron chi connectivity index (χ4n) is 1.70. The molecule has 0 bridgehead atoms. The van der Waals surface area contributed by atoms with Crippen molar-refractivity contribution in [1.29, 1.82) is 0 Å². The Labute approximate surface area is 82.8 Å². The predicted octanol–water partition coefficient (Wildman–Crippen LogP) is 1.74. The van der Waals surface area contributed by atoms with Crippen LogP contribution in [0.1, 0.15) is 31.0 Å². The van der Waals surface area contributed by atoms with E-state index in [-0.39, 0.29) is 0 Å². The van der Waals surface area contributed by atoms with Crippen molar-refractivity contribution in [3.63, 3.8) is 0 Å². The summed E-state index contributed by atoms with van der Waals surface area (Å²) in [6.45, 7) is 6.30. The molecular formula is C10H14N4. The number of nitrogens with zero attached hydrogens (tertiary/aromatic N) is 3. The first-order valence-electron chi connectivity index (χ1n) is 4.70. The molecule has 0 aliphatic carbocycles. The van der Waals surface area contributed by atoms with Crippen LogP contribution in [0, 0.1) is 6.92 Å². The molecule has 4 heteroatoms. The third-order valence-electron chi connectivity index (χ3n) is 2.41. The highest BCUT2D eigenvalue weighted by atomic mass is 15.3. The van der Waals surface area contributed by atoms with Gasteiger partial charge in [0.1, 0.15) is 11.8 Å². The molecular weight excluding hydrogens is 176 g/mol. The van der Waals surface area contributed by atoms with Crippen molar-refractivity contribution in [1.82, 2.24) is 14.6 Å². The summed E-state index contributed by atoms with van der Waals surface area (Å²) in [6, 6.07) is 2.12. The molecule has 2 aromatic rings. The Morgan fingerprint density at radius 3 is 2.79 bits per heavy atom. The van der Waals surface area contributed by atoms with Crippen LogP contribution in [-0.4, -0.2) is 14.6 Å². The highest BCUT2D eigenvalue weighted by Crippen LogP contribution is 2.26. The van der Waals surface area contributed by atoms with E-state index in [4.69, 9.17) is 5.73 Å². The van der Waals surface area contributed by atoms with Crippen LogP contribution in [0.2, 0.25) is 0 Å². The van der Waals surface area contributed by atoms with E-state index in [1.807, 2.05) is 11.4 Å². The van der Waals surface area contributed by atoms with Gasteiger partial charge in [0.15, 0.2) is 5.82 Å². The SMILES string of the molecule is Cc1cc(C(C)C)c2c(N)ncnn12. The fourth-order valence-corrected chi connectivity index (χ4v) is 1.70. The van der Waals surface area contributed by atoms with Crippen molar-refractivity contribution >= 4 is 11.3 Å². The quantitative estimate of drug-likeness (QED) is 0.745. The molecule has 74 valence electrons.